The van der Waals surface area contributed by atoms with Gasteiger partial charge in [0.05, 0.1) is 11.6 Å². The normalized spacial score (nSPS) is 18.1. The van der Waals surface area contributed by atoms with Gasteiger partial charge in [0.2, 0.25) is 0 Å². The summed E-state index contributed by atoms with van der Waals surface area (Å²) >= 11 is 3.37. The Balaban J connectivity index is 1.92. The monoisotopic (exact) mass is 461 g/mol. The second kappa shape index (κ2) is 8.28. The fourth-order valence-electron chi connectivity index (χ4n) is 3.70. The molecule has 0 saturated carbocycles. The number of para-hydroxylation sites is 1. The molecular formula is C25H20BrNO3. The first kappa shape index (κ1) is 20.1. The van der Waals surface area contributed by atoms with Gasteiger partial charge in [0.15, 0.2) is 0 Å². The summed E-state index contributed by atoms with van der Waals surface area (Å²) < 4.78 is 0.857. The summed E-state index contributed by atoms with van der Waals surface area (Å²) in [6, 6.07) is 23.2. The van der Waals surface area contributed by atoms with Crippen LogP contribution >= 0.6 is 15.9 Å². The van der Waals surface area contributed by atoms with Gasteiger partial charge in [0, 0.05) is 15.7 Å². The van der Waals surface area contributed by atoms with Crippen molar-refractivity contribution < 1.29 is 14.7 Å². The molecule has 4 nitrogen and oxygen atoms in total. The summed E-state index contributed by atoms with van der Waals surface area (Å²) in [4.78, 5) is 27.6. The summed E-state index contributed by atoms with van der Waals surface area (Å²) in [6.45, 7) is 2.07. The van der Waals surface area contributed by atoms with Crippen LogP contribution in [0.2, 0.25) is 0 Å². The number of aliphatic hydroxyl groups is 1. The molecule has 1 saturated heterocycles. The SMILES string of the molecule is CCc1ccc(C2/C(=C(/O)c3ccc(Br)cc3)C(=O)C(=O)N2c2ccccc2)cc1. The molecule has 3 aromatic carbocycles. The van der Waals surface area contributed by atoms with E-state index in [1.54, 1.807) is 36.4 Å². The lowest BCUT2D eigenvalue weighted by Crippen LogP contribution is -2.29. The third kappa shape index (κ3) is 3.57. The number of nitrogens with zero attached hydrogens (tertiary/aromatic N) is 1. The fourth-order valence-corrected chi connectivity index (χ4v) is 3.97. The number of anilines is 1. The van der Waals surface area contributed by atoms with Crippen molar-refractivity contribution in [2.45, 2.75) is 19.4 Å². The Morgan fingerprint density at radius 1 is 0.933 bits per heavy atom. The number of aryl methyl sites for hydroxylation is 1. The number of benzene rings is 3. The van der Waals surface area contributed by atoms with Gasteiger partial charge in [0.1, 0.15) is 5.76 Å². The van der Waals surface area contributed by atoms with Gasteiger partial charge < -0.3 is 5.11 Å². The number of carbonyl (C=O) groups excluding carboxylic acids is 2. The van der Waals surface area contributed by atoms with Crippen LogP contribution in [0.15, 0.2) is 88.9 Å². The van der Waals surface area contributed by atoms with E-state index in [2.05, 4.69) is 22.9 Å². The number of hydrogen-bond donors (Lipinski definition) is 1. The van der Waals surface area contributed by atoms with Gasteiger partial charge in [-0.15, -0.1) is 0 Å². The Morgan fingerprint density at radius 3 is 2.17 bits per heavy atom. The number of amides is 1. The van der Waals surface area contributed by atoms with E-state index >= 15 is 0 Å². The Labute approximate surface area is 183 Å². The summed E-state index contributed by atoms with van der Waals surface area (Å²) in [5, 5.41) is 11.1. The van der Waals surface area contributed by atoms with Crippen molar-refractivity contribution in [3.8, 4) is 0 Å². The molecule has 1 amide bonds. The standard InChI is InChI=1S/C25H20BrNO3/c1-2-16-8-10-17(11-9-16)22-21(23(28)18-12-14-19(26)15-13-18)24(29)25(30)27(22)20-6-4-3-5-7-20/h3-15,22,28H,2H2,1H3/b23-21-. The average Bonchev–Trinajstić information content (AvgIpc) is 3.05. The summed E-state index contributed by atoms with van der Waals surface area (Å²) in [7, 11) is 0. The van der Waals surface area contributed by atoms with Crippen molar-refractivity contribution in [1.29, 1.82) is 0 Å². The van der Waals surface area contributed by atoms with E-state index in [1.807, 2.05) is 42.5 Å². The number of carbonyl (C=O) groups is 2. The Kier molecular flexibility index (Phi) is 5.55. The average molecular weight is 462 g/mol. The van der Waals surface area contributed by atoms with Crippen LogP contribution in [0, 0.1) is 0 Å². The van der Waals surface area contributed by atoms with Gasteiger partial charge in [0.25, 0.3) is 11.7 Å². The molecule has 4 rings (SSSR count). The first-order valence-electron chi connectivity index (χ1n) is 9.72. The maximum absolute atomic E-state index is 13.1. The zero-order valence-corrected chi connectivity index (χ0v) is 18.0. The largest absolute Gasteiger partial charge is 0.507 e. The molecule has 0 radical (unpaired) electrons. The lowest BCUT2D eigenvalue weighted by Gasteiger charge is -2.25. The summed E-state index contributed by atoms with van der Waals surface area (Å²) in [6.07, 6.45) is 0.887. The zero-order valence-electron chi connectivity index (χ0n) is 16.4. The molecule has 1 aliphatic rings. The first-order valence-corrected chi connectivity index (χ1v) is 10.5. The molecular weight excluding hydrogens is 442 g/mol. The van der Waals surface area contributed by atoms with Gasteiger partial charge in [-0.1, -0.05) is 77.5 Å². The lowest BCUT2D eigenvalue weighted by atomic mass is 9.94. The van der Waals surface area contributed by atoms with Crippen LogP contribution in [0.4, 0.5) is 5.69 Å². The highest BCUT2D eigenvalue weighted by Crippen LogP contribution is 2.42. The van der Waals surface area contributed by atoms with E-state index in [4.69, 9.17) is 0 Å². The first-order chi connectivity index (χ1) is 14.5. The fraction of sp³-hybridized carbons (Fsp3) is 0.120. The van der Waals surface area contributed by atoms with Crippen LogP contribution in [0.5, 0.6) is 0 Å². The minimum atomic E-state index is -0.707. The Bertz CT molecular complexity index is 1120. The van der Waals surface area contributed by atoms with E-state index in [9.17, 15) is 14.7 Å². The van der Waals surface area contributed by atoms with E-state index in [0.717, 1.165) is 22.0 Å². The molecule has 1 unspecified atom stereocenters. The molecule has 30 heavy (non-hydrogen) atoms. The second-order valence-electron chi connectivity index (χ2n) is 7.11. The van der Waals surface area contributed by atoms with Gasteiger partial charge in [-0.2, -0.15) is 0 Å². The van der Waals surface area contributed by atoms with Crippen molar-refractivity contribution in [2.75, 3.05) is 4.90 Å². The van der Waals surface area contributed by atoms with Crippen LogP contribution in [-0.2, 0) is 16.0 Å². The van der Waals surface area contributed by atoms with Crippen LogP contribution in [0.25, 0.3) is 5.76 Å². The molecule has 5 heteroatoms. The maximum atomic E-state index is 13.1. The zero-order chi connectivity index (χ0) is 21.3. The van der Waals surface area contributed by atoms with Crippen molar-refractivity contribution in [2.24, 2.45) is 0 Å². The molecule has 1 fully saturated rings. The highest BCUT2D eigenvalue weighted by molar-refractivity contribution is 9.10. The number of rotatable bonds is 4. The van der Waals surface area contributed by atoms with Crippen LogP contribution in [-0.4, -0.2) is 16.8 Å². The summed E-state index contributed by atoms with van der Waals surface area (Å²) in [5.74, 6) is -1.52. The number of halogens is 1. The molecule has 1 aliphatic heterocycles. The minimum Gasteiger partial charge on any atom is -0.507 e. The lowest BCUT2D eigenvalue weighted by molar-refractivity contribution is -0.132. The van der Waals surface area contributed by atoms with Gasteiger partial charge in [-0.25, -0.2) is 0 Å². The van der Waals surface area contributed by atoms with Crippen LogP contribution < -0.4 is 4.90 Å². The minimum absolute atomic E-state index is 0.0930. The van der Waals surface area contributed by atoms with Crippen molar-refractivity contribution >= 4 is 39.1 Å². The van der Waals surface area contributed by atoms with E-state index in [1.165, 1.54) is 4.90 Å². The highest BCUT2D eigenvalue weighted by Gasteiger charge is 2.46. The Hall–Kier alpha value is -3.18. The maximum Gasteiger partial charge on any atom is 0.300 e. The molecule has 150 valence electrons. The predicted octanol–water partition coefficient (Wildman–Crippen LogP) is 5.64. The molecule has 3 aromatic rings. The molecule has 0 aromatic heterocycles. The number of aliphatic hydroxyl groups excluding tert-OH is 1. The van der Waals surface area contributed by atoms with Crippen molar-refractivity contribution in [1.82, 2.24) is 0 Å². The van der Waals surface area contributed by atoms with Crippen molar-refractivity contribution in [3.63, 3.8) is 0 Å². The van der Waals surface area contributed by atoms with E-state index < -0.39 is 17.7 Å². The topological polar surface area (TPSA) is 57.6 Å². The molecule has 0 spiro atoms. The van der Waals surface area contributed by atoms with Crippen LogP contribution in [0.1, 0.15) is 29.7 Å². The highest BCUT2D eigenvalue weighted by atomic mass is 79.9. The summed E-state index contributed by atoms with van der Waals surface area (Å²) in [5.41, 5.74) is 3.12. The van der Waals surface area contributed by atoms with Gasteiger partial charge in [-0.05, 0) is 41.8 Å². The second-order valence-corrected chi connectivity index (χ2v) is 8.02. The molecule has 0 aliphatic carbocycles. The molecule has 0 bridgehead atoms. The van der Waals surface area contributed by atoms with E-state index in [0.29, 0.717) is 11.3 Å². The van der Waals surface area contributed by atoms with E-state index in [-0.39, 0.29) is 11.3 Å². The third-order valence-corrected chi connectivity index (χ3v) is 5.83. The number of ketones is 1. The van der Waals surface area contributed by atoms with Gasteiger partial charge in [-0.3, -0.25) is 14.5 Å². The quantitative estimate of drug-likeness (QED) is 0.310. The number of hydrogen-bond acceptors (Lipinski definition) is 3. The third-order valence-electron chi connectivity index (χ3n) is 5.30. The van der Waals surface area contributed by atoms with Gasteiger partial charge >= 0.3 is 0 Å². The predicted molar refractivity (Wildman–Crippen MR) is 121 cm³/mol. The Morgan fingerprint density at radius 2 is 1.57 bits per heavy atom. The van der Waals surface area contributed by atoms with Crippen molar-refractivity contribution in [3.05, 3.63) is 106 Å². The number of Topliss-reactive ketones (excluding diaryl/α,β-unsaturated/α-hetero) is 1. The smallest absolute Gasteiger partial charge is 0.300 e. The molecule has 1 atom stereocenters. The molecule has 1 heterocycles. The van der Waals surface area contributed by atoms with Crippen LogP contribution in [0.3, 0.4) is 0 Å². The molecule has 1 N–H and O–H groups in total.